The number of hydrogen-bond acceptors (Lipinski definition) is 6. The summed E-state index contributed by atoms with van der Waals surface area (Å²) >= 11 is 4.02. The van der Waals surface area contributed by atoms with Crippen molar-refractivity contribution >= 4 is 30.4 Å². The van der Waals surface area contributed by atoms with Crippen LogP contribution in [0, 0.1) is 5.41 Å². The second-order valence-electron chi connectivity index (χ2n) is 6.42. The number of rotatable bonds is 5. The van der Waals surface area contributed by atoms with Crippen LogP contribution in [0.1, 0.15) is 19.8 Å². The zero-order valence-electron chi connectivity index (χ0n) is 13.1. The van der Waals surface area contributed by atoms with Gasteiger partial charge in [-0.1, -0.05) is 0 Å². The third-order valence-corrected chi connectivity index (χ3v) is 5.21. The molecule has 0 aromatic rings. The van der Waals surface area contributed by atoms with Gasteiger partial charge in [0.1, 0.15) is 6.04 Å². The third kappa shape index (κ3) is 3.17. The normalized spacial score (nSPS) is 24.1. The maximum atomic E-state index is 12.5. The van der Waals surface area contributed by atoms with E-state index in [1.165, 1.54) is 11.8 Å². The Bertz CT molecular complexity index is 505. The minimum Gasteiger partial charge on any atom is -0.391 e. The maximum Gasteiger partial charge on any atom is 0.242 e. The number of hydrogen-bond donors (Lipinski definition) is 4. The lowest BCUT2D eigenvalue weighted by Crippen LogP contribution is -2.71. The number of aliphatic hydroxyl groups is 1. The van der Waals surface area contributed by atoms with Crippen LogP contribution in [-0.4, -0.2) is 76.2 Å². The molecule has 8 nitrogen and oxygen atoms in total. The van der Waals surface area contributed by atoms with Gasteiger partial charge in [0.2, 0.25) is 17.7 Å². The molecular weight excluding hydrogens is 320 g/mol. The zero-order valence-corrected chi connectivity index (χ0v) is 14.0. The van der Waals surface area contributed by atoms with Crippen LogP contribution in [0.2, 0.25) is 0 Å². The standard InChI is InChI=1S/C14H24N4O4S/c1-8(19)10(11(16)20)18-7-14(13(18)22)2-4-17(5-3-14)12(21)9(15)6-23/h8-10,19,23H,2-7,15H2,1H3,(H2,16,20)/t8-,9+,10+/m1/s1. The summed E-state index contributed by atoms with van der Waals surface area (Å²) < 4.78 is 0. The summed E-state index contributed by atoms with van der Waals surface area (Å²) in [6, 6.07) is -1.62. The van der Waals surface area contributed by atoms with Crippen molar-refractivity contribution in [1.82, 2.24) is 9.80 Å². The van der Waals surface area contributed by atoms with Gasteiger partial charge < -0.3 is 26.4 Å². The summed E-state index contributed by atoms with van der Waals surface area (Å²) in [5, 5.41) is 9.66. The Morgan fingerprint density at radius 1 is 1.39 bits per heavy atom. The zero-order chi connectivity index (χ0) is 17.4. The molecule has 2 heterocycles. The van der Waals surface area contributed by atoms with Crippen molar-refractivity contribution in [3.05, 3.63) is 0 Å². The molecule has 2 aliphatic heterocycles. The Balaban J connectivity index is 1.97. The first kappa shape index (κ1) is 18.0. The first-order valence-electron chi connectivity index (χ1n) is 7.67. The average Bonchev–Trinajstić information content (AvgIpc) is 2.52. The van der Waals surface area contributed by atoms with Crippen molar-refractivity contribution in [2.45, 2.75) is 38.0 Å². The Labute approximate surface area is 140 Å². The Morgan fingerprint density at radius 2 is 1.96 bits per heavy atom. The highest BCUT2D eigenvalue weighted by atomic mass is 32.1. The first-order chi connectivity index (χ1) is 10.7. The van der Waals surface area contributed by atoms with Gasteiger partial charge in [-0.15, -0.1) is 0 Å². The van der Waals surface area contributed by atoms with E-state index in [0.29, 0.717) is 32.5 Å². The lowest BCUT2D eigenvalue weighted by Gasteiger charge is -2.54. The van der Waals surface area contributed by atoms with Crippen LogP contribution in [0.3, 0.4) is 0 Å². The van der Waals surface area contributed by atoms with Gasteiger partial charge >= 0.3 is 0 Å². The van der Waals surface area contributed by atoms with E-state index in [-0.39, 0.29) is 17.6 Å². The quantitative estimate of drug-likeness (QED) is 0.336. The molecule has 3 amide bonds. The molecule has 0 aromatic heterocycles. The van der Waals surface area contributed by atoms with Crippen LogP contribution in [0.5, 0.6) is 0 Å². The Morgan fingerprint density at radius 3 is 2.35 bits per heavy atom. The summed E-state index contributed by atoms with van der Waals surface area (Å²) in [6.07, 6.45) is 0.0426. The minimum absolute atomic E-state index is 0.155. The molecule has 1 spiro atoms. The molecular formula is C14H24N4O4S. The van der Waals surface area contributed by atoms with E-state index in [2.05, 4.69) is 12.6 Å². The van der Waals surface area contributed by atoms with Gasteiger partial charge in [-0.25, -0.2) is 0 Å². The number of carbonyl (C=O) groups excluding carboxylic acids is 3. The second kappa shape index (κ2) is 6.66. The van der Waals surface area contributed by atoms with Crippen LogP contribution < -0.4 is 11.5 Å². The fraction of sp³-hybridized carbons (Fsp3) is 0.786. The number of nitrogens with zero attached hydrogens (tertiary/aromatic N) is 2. The summed E-state index contributed by atoms with van der Waals surface area (Å²) in [7, 11) is 0. The molecule has 2 rings (SSSR count). The lowest BCUT2D eigenvalue weighted by atomic mass is 9.70. The lowest BCUT2D eigenvalue weighted by molar-refractivity contribution is -0.177. The molecule has 2 fully saturated rings. The van der Waals surface area contributed by atoms with Crippen LogP contribution >= 0.6 is 12.6 Å². The molecule has 2 aliphatic rings. The fourth-order valence-electron chi connectivity index (χ4n) is 3.40. The number of piperidine rings is 1. The van der Waals surface area contributed by atoms with E-state index in [0.717, 1.165) is 0 Å². The molecule has 0 aromatic carbocycles. The van der Waals surface area contributed by atoms with Crippen molar-refractivity contribution < 1.29 is 19.5 Å². The van der Waals surface area contributed by atoms with E-state index < -0.39 is 29.5 Å². The summed E-state index contributed by atoms with van der Waals surface area (Å²) in [6.45, 7) is 2.73. The monoisotopic (exact) mass is 344 g/mol. The predicted octanol–water partition coefficient (Wildman–Crippen LogP) is -2.07. The molecule has 0 bridgehead atoms. The van der Waals surface area contributed by atoms with Crippen LogP contribution in [0.4, 0.5) is 0 Å². The van der Waals surface area contributed by atoms with Crippen molar-refractivity contribution in [1.29, 1.82) is 0 Å². The second-order valence-corrected chi connectivity index (χ2v) is 6.78. The average molecular weight is 344 g/mol. The molecule has 130 valence electrons. The van der Waals surface area contributed by atoms with E-state index in [4.69, 9.17) is 11.5 Å². The van der Waals surface area contributed by atoms with Gasteiger partial charge in [-0.3, -0.25) is 14.4 Å². The van der Waals surface area contributed by atoms with Crippen LogP contribution in [-0.2, 0) is 14.4 Å². The molecule has 0 unspecified atom stereocenters. The number of aliphatic hydroxyl groups excluding tert-OH is 1. The van der Waals surface area contributed by atoms with E-state index >= 15 is 0 Å². The van der Waals surface area contributed by atoms with E-state index in [1.54, 1.807) is 4.90 Å². The maximum absolute atomic E-state index is 12.5. The highest BCUT2D eigenvalue weighted by molar-refractivity contribution is 7.80. The van der Waals surface area contributed by atoms with Gasteiger partial charge in [0.05, 0.1) is 17.6 Å². The Kier molecular flexibility index (Phi) is 5.22. The summed E-state index contributed by atoms with van der Waals surface area (Å²) in [4.78, 5) is 39.0. The molecule has 0 radical (unpaired) electrons. The summed E-state index contributed by atoms with van der Waals surface area (Å²) in [5.74, 6) is -0.761. The van der Waals surface area contributed by atoms with Crippen molar-refractivity contribution in [3.63, 3.8) is 0 Å². The van der Waals surface area contributed by atoms with Gasteiger partial charge in [0.25, 0.3) is 0 Å². The number of likely N-dealkylation sites (tertiary alicyclic amines) is 2. The fourth-order valence-corrected chi connectivity index (χ4v) is 3.55. The molecule has 0 saturated carbocycles. The van der Waals surface area contributed by atoms with Gasteiger partial charge in [0, 0.05) is 25.4 Å². The first-order valence-corrected chi connectivity index (χ1v) is 8.30. The van der Waals surface area contributed by atoms with E-state index in [9.17, 15) is 19.5 Å². The highest BCUT2D eigenvalue weighted by Gasteiger charge is 2.56. The van der Waals surface area contributed by atoms with Crippen molar-refractivity contribution in [3.8, 4) is 0 Å². The summed E-state index contributed by atoms with van der Waals surface area (Å²) in [5.41, 5.74) is 10.4. The van der Waals surface area contributed by atoms with Gasteiger partial charge in [-0.05, 0) is 19.8 Å². The number of carbonyl (C=O) groups is 3. The van der Waals surface area contributed by atoms with Gasteiger partial charge in [-0.2, -0.15) is 12.6 Å². The topological polar surface area (TPSA) is 130 Å². The predicted molar refractivity (Wildman–Crippen MR) is 86.5 cm³/mol. The molecule has 2 saturated heterocycles. The number of nitrogens with two attached hydrogens (primary N) is 2. The smallest absolute Gasteiger partial charge is 0.242 e. The van der Waals surface area contributed by atoms with Crippen molar-refractivity contribution in [2.24, 2.45) is 16.9 Å². The number of primary amides is 1. The number of β-lactam (4-membered cyclic amide) rings is 1. The van der Waals surface area contributed by atoms with Crippen LogP contribution in [0.25, 0.3) is 0 Å². The molecule has 9 heteroatoms. The van der Waals surface area contributed by atoms with Gasteiger partial charge in [0.15, 0.2) is 0 Å². The minimum atomic E-state index is -1.01. The largest absolute Gasteiger partial charge is 0.391 e. The van der Waals surface area contributed by atoms with Crippen molar-refractivity contribution in [2.75, 3.05) is 25.4 Å². The van der Waals surface area contributed by atoms with Crippen LogP contribution in [0.15, 0.2) is 0 Å². The third-order valence-electron chi connectivity index (χ3n) is 4.82. The number of thiol groups is 1. The SMILES string of the molecule is C[C@@H](O)[C@@H](C(N)=O)N1CC2(CCN(C(=O)[C@@H](N)CS)CC2)C1=O. The molecule has 5 N–H and O–H groups in total. The highest BCUT2D eigenvalue weighted by Crippen LogP contribution is 2.43. The Hall–Kier alpha value is -1.32. The number of amides is 3. The molecule has 23 heavy (non-hydrogen) atoms. The molecule has 0 aliphatic carbocycles. The molecule has 3 atom stereocenters. The van der Waals surface area contributed by atoms with E-state index in [1.807, 2.05) is 0 Å².